The van der Waals surface area contributed by atoms with E-state index in [1.165, 1.54) is 18.9 Å². The smallest absolute Gasteiger partial charge is 0.341 e. The summed E-state index contributed by atoms with van der Waals surface area (Å²) < 4.78 is 26.4. The van der Waals surface area contributed by atoms with Crippen molar-refractivity contribution in [2.45, 2.75) is 75.7 Å². The fourth-order valence-electron chi connectivity index (χ4n) is 6.20. The molecule has 1 aromatic carbocycles. The van der Waals surface area contributed by atoms with Gasteiger partial charge in [-0.1, -0.05) is 0 Å². The van der Waals surface area contributed by atoms with E-state index in [0.29, 0.717) is 36.0 Å². The van der Waals surface area contributed by atoms with Crippen LogP contribution in [0.5, 0.6) is 5.75 Å². The molecule has 1 aromatic rings. The molecule has 3 unspecified atom stereocenters. The zero-order valence-electron chi connectivity index (χ0n) is 17.5. The second-order valence-corrected chi connectivity index (χ2v) is 11.5. The van der Waals surface area contributed by atoms with Gasteiger partial charge in [-0.15, -0.1) is 11.6 Å². The Hall–Kier alpha value is -1.29. The van der Waals surface area contributed by atoms with Crippen LogP contribution in [0.2, 0.25) is 0 Å². The van der Waals surface area contributed by atoms with Crippen LogP contribution in [-0.4, -0.2) is 23.1 Å². The molecule has 3 nitrogen and oxygen atoms in total. The summed E-state index contributed by atoms with van der Waals surface area (Å²) in [5, 5.41) is 0. The van der Waals surface area contributed by atoms with Gasteiger partial charge in [0, 0.05) is 16.9 Å². The van der Waals surface area contributed by atoms with Crippen molar-refractivity contribution >= 4 is 17.6 Å². The summed E-state index contributed by atoms with van der Waals surface area (Å²) >= 11 is 6.93. The van der Waals surface area contributed by atoms with E-state index in [2.05, 4.69) is 0 Å². The molecule has 5 fully saturated rings. The third kappa shape index (κ3) is 3.56. The highest BCUT2D eigenvalue weighted by Gasteiger charge is 2.61. The van der Waals surface area contributed by atoms with Gasteiger partial charge in [0.2, 0.25) is 0 Å². The second kappa shape index (κ2) is 6.60. The number of halogens is 2. The highest BCUT2D eigenvalue weighted by atomic mass is 35.5. The van der Waals surface area contributed by atoms with E-state index in [0.717, 1.165) is 37.2 Å². The molecule has 6 rings (SSSR count). The van der Waals surface area contributed by atoms with Crippen molar-refractivity contribution in [3.8, 4) is 5.75 Å². The first-order valence-corrected chi connectivity index (χ1v) is 11.4. The van der Waals surface area contributed by atoms with Crippen LogP contribution in [0.4, 0.5) is 4.39 Å². The number of carbonyl (C=O) groups is 1. The average Bonchev–Trinajstić information content (AvgIpc) is 3.37. The van der Waals surface area contributed by atoms with Gasteiger partial charge < -0.3 is 9.47 Å². The predicted octanol–water partition coefficient (Wildman–Crippen LogP) is 6.08. The van der Waals surface area contributed by atoms with Crippen molar-refractivity contribution in [1.29, 1.82) is 0 Å². The summed E-state index contributed by atoms with van der Waals surface area (Å²) in [7, 11) is 0. The maximum Gasteiger partial charge on any atom is 0.341 e. The van der Waals surface area contributed by atoms with Crippen molar-refractivity contribution in [3.05, 3.63) is 29.1 Å². The highest BCUT2D eigenvalue weighted by Crippen LogP contribution is 2.65. The highest BCUT2D eigenvalue weighted by molar-refractivity contribution is 6.24. The number of rotatable bonds is 5. The lowest BCUT2D eigenvalue weighted by atomic mass is 9.76. The lowest BCUT2D eigenvalue weighted by molar-refractivity contribution is 0.00645. The molecule has 5 atom stereocenters. The van der Waals surface area contributed by atoms with Gasteiger partial charge in [-0.25, -0.2) is 9.18 Å². The first-order valence-electron chi connectivity index (χ1n) is 11.0. The zero-order valence-corrected chi connectivity index (χ0v) is 18.2. The fraction of sp³-hybridized carbons (Fsp3) is 0.708. The molecular weight excluding hydrogens is 391 g/mol. The van der Waals surface area contributed by atoms with Crippen molar-refractivity contribution in [2.24, 2.45) is 23.7 Å². The lowest BCUT2D eigenvalue weighted by Gasteiger charge is -2.32. The van der Waals surface area contributed by atoms with Crippen LogP contribution in [0.3, 0.4) is 0 Å². The Labute approximate surface area is 177 Å². The molecule has 29 heavy (non-hydrogen) atoms. The maximum absolute atomic E-state index is 14.8. The van der Waals surface area contributed by atoms with Crippen LogP contribution in [-0.2, 0) is 4.74 Å². The van der Waals surface area contributed by atoms with Gasteiger partial charge in [0.05, 0.1) is 12.2 Å². The SMILES string of the molecule is CC(C)(C)OC(=O)c1cc(C2CC2)c(OC[C@@H]2C3CC4CC2[C@@](Cl)(C4)C3)cc1F. The monoisotopic (exact) mass is 420 g/mol. The molecule has 0 aromatic heterocycles. The molecule has 0 radical (unpaired) electrons. The van der Waals surface area contributed by atoms with Crippen LogP contribution in [0, 0.1) is 29.5 Å². The fourth-order valence-corrected chi connectivity index (χ4v) is 6.86. The van der Waals surface area contributed by atoms with Crippen molar-refractivity contribution in [2.75, 3.05) is 6.61 Å². The van der Waals surface area contributed by atoms with Crippen molar-refractivity contribution in [3.63, 3.8) is 0 Å². The molecule has 158 valence electrons. The zero-order chi connectivity index (χ0) is 20.6. The summed E-state index contributed by atoms with van der Waals surface area (Å²) in [6.07, 6.45) is 6.84. The summed E-state index contributed by atoms with van der Waals surface area (Å²) in [5.41, 5.74) is 0.296. The molecule has 0 amide bonds. The van der Waals surface area contributed by atoms with E-state index in [4.69, 9.17) is 21.1 Å². The normalized spacial score (nSPS) is 35.2. The molecule has 0 spiro atoms. The molecule has 0 heterocycles. The minimum absolute atomic E-state index is 0.00689. The quantitative estimate of drug-likeness (QED) is 0.427. The summed E-state index contributed by atoms with van der Waals surface area (Å²) in [6, 6.07) is 3.06. The topological polar surface area (TPSA) is 35.5 Å². The first kappa shape index (κ1) is 19.7. The number of hydrogen-bond acceptors (Lipinski definition) is 3. The maximum atomic E-state index is 14.8. The largest absolute Gasteiger partial charge is 0.493 e. The van der Waals surface area contributed by atoms with Crippen LogP contribution in [0.15, 0.2) is 12.1 Å². The number of hydrogen-bond donors (Lipinski definition) is 0. The Kier molecular flexibility index (Phi) is 4.48. The van der Waals surface area contributed by atoms with E-state index < -0.39 is 17.4 Å². The molecule has 5 aliphatic carbocycles. The van der Waals surface area contributed by atoms with Crippen LogP contribution >= 0.6 is 11.6 Å². The van der Waals surface area contributed by atoms with E-state index in [1.54, 1.807) is 26.8 Å². The molecule has 0 N–H and O–H groups in total. The van der Waals surface area contributed by atoms with E-state index in [9.17, 15) is 9.18 Å². The van der Waals surface area contributed by atoms with Crippen LogP contribution < -0.4 is 4.74 Å². The van der Waals surface area contributed by atoms with Gasteiger partial charge in [-0.3, -0.25) is 0 Å². The van der Waals surface area contributed by atoms with Gasteiger partial charge in [0.1, 0.15) is 17.2 Å². The average molecular weight is 421 g/mol. The van der Waals surface area contributed by atoms with Gasteiger partial charge in [0.25, 0.3) is 0 Å². The Bertz CT molecular complexity index is 843. The van der Waals surface area contributed by atoms with E-state index in [-0.39, 0.29) is 10.4 Å². The van der Waals surface area contributed by atoms with Crippen molar-refractivity contribution < 1.29 is 18.7 Å². The molecule has 5 aliphatic rings. The molecule has 4 bridgehead atoms. The standard InChI is InChI=1S/C24H30ClFO3/c1-23(2,3)29-22(27)17-8-16(14-4-5-14)21(9-20(17)26)28-12-18-15-6-13-7-19(18)24(25,10-13)11-15/h8-9,13-15,18-19H,4-7,10-12H2,1-3H3/t13?,15?,18-,19?,24-/m1/s1. The Balaban J connectivity index is 1.35. The lowest BCUT2D eigenvalue weighted by Crippen LogP contribution is -2.29. The van der Waals surface area contributed by atoms with Gasteiger partial charge in [-0.2, -0.15) is 0 Å². The minimum Gasteiger partial charge on any atom is -0.493 e. The molecule has 5 saturated carbocycles. The van der Waals surface area contributed by atoms with E-state index >= 15 is 0 Å². The minimum atomic E-state index is -0.656. The number of ether oxygens (including phenoxy) is 2. The number of alkyl halides is 1. The first-order chi connectivity index (χ1) is 13.6. The molecule has 0 saturated heterocycles. The molecular formula is C24H30ClFO3. The van der Waals surface area contributed by atoms with Crippen molar-refractivity contribution in [1.82, 2.24) is 0 Å². The van der Waals surface area contributed by atoms with E-state index in [1.807, 2.05) is 0 Å². The predicted molar refractivity (Wildman–Crippen MR) is 110 cm³/mol. The van der Waals surface area contributed by atoms with Gasteiger partial charge in [-0.05, 0) is 94.6 Å². The molecule has 5 heteroatoms. The number of esters is 1. The Morgan fingerprint density at radius 3 is 2.66 bits per heavy atom. The second-order valence-electron chi connectivity index (χ2n) is 10.8. The summed E-state index contributed by atoms with van der Waals surface area (Å²) in [5.74, 6) is 2.19. The third-order valence-electron chi connectivity index (χ3n) is 7.41. The van der Waals surface area contributed by atoms with Gasteiger partial charge >= 0.3 is 5.97 Å². The Morgan fingerprint density at radius 2 is 2.00 bits per heavy atom. The van der Waals surface area contributed by atoms with Crippen LogP contribution in [0.1, 0.15) is 81.1 Å². The third-order valence-corrected chi connectivity index (χ3v) is 8.00. The summed E-state index contributed by atoms with van der Waals surface area (Å²) in [6.45, 7) is 5.96. The van der Waals surface area contributed by atoms with Crippen LogP contribution in [0.25, 0.3) is 0 Å². The number of benzene rings is 1. The Morgan fingerprint density at radius 1 is 1.24 bits per heavy atom. The molecule has 0 aliphatic heterocycles. The summed E-state index contributed by atoms with van der Waals surface area (Å²) in [4.78, 5) is 12.4. The number of carbonyl (C=O) groups excluding carboxylic acids is 1. The van der Waals surface area contributed by atoms with Gasteiger partial charge in [0.15, 0.2) is 0 Å².